The van der Waals surface area contributed by atoms with Gasteiger partial charge in [-0.1, -0.05) is 23.2 Å². The SMILES string of the molecule is O=C(O)[C@@H]1C[C@@H](O)CN1C(=O)Nc1c(Cl)cc(F)cc1Cl. The van der Waals surface area contributed by atoms with Crippen molar-refractivity contribution in [3.05, 3.63) is 28.0 Å². The highest BCUT2D eigenvalue weighted by Gasteiger charge is 2.39. The Labute approximate surface area is 129 Å². The highest BCUT2D eigenvalue weighted by Crippen LogP contribution is 2.32. The Hall–Kier alpha value is -1.57. The van der Waals surface area contributed by atoms with Gasteiger partial charge < -0.3 is 20.4 Å². The number of aliphatic carboxylic acids is 1. The van der Waals surface area contributed by atoms with E-state index in [1.54, 1.807) is 0 Å². The molecule has 21 heavy (non-hydrogen) atoms. The van der Waals surface area contributed by atoms with Gasteiger partial charge >= 0.3 is 12.0 Å². The molecule has 9 heteroatoms. The van der Waals surface area contributed by atoms with Gasteiger partial charge in [-0.2, -0.15) is 0 Å². The number of nitrogens with one attached hydrogen (secondary N) is 1. The van der Waals surface area contributed by atoms with Crippen LogP contribution < -0.4 is 5.32 Å². The van der Waals surface area contributed by atoms with E-state index in [1.165, 1.54) is 0 Å². The minimum absolute atomic E-state index is 0.0183. The first kappa shape index (κ1) is 15.8. The van der Waals surface area contributed by atoms with Crippen LogP contribution in [0.1, 0.15) is 6.42 Å². The topological polar surface area (TPSA) is 89.9 Å². The van der Waals surface area contributed by atoms with Crippen molar-refractivity contribution in [3.8, 4) is 0 Å². The molecule has 1 heterocycles. The average molecular weight is 337 g/mol. The molecular weight excluding hydrogens is 326 g/mol. The lowest BCUT2D eigenvalue weighted by atomic mass is 10.2. The minimum atomic E-state index is -1.22. The molecule has 2 atom stereocenters. The zero-order valence-corrected chi connectivity index (χ0v) is 12.0. The van der Waals surface area contributed by atoms with Gasteiger partial charge in [-0.3, -0.25) is 0 Å². The van der Waals surface area contributed by atoms with Crippen molar-refractivity contribution in [2.24, 2.45) is 0 Å². The molecule has 1 aromatic rings. The number of carboxylic acid groups (broad SMARTS) is 1. The number of aliphatic hydroxyl groups excluding tert-OH is 1. The van der Waals surface area contributed by atoms with E-state index in [1.807, 2.05) is 0 Å². The van der Waals surface area contributed by atoms with E-state index >= 15 is 0 Å². The van der Waals surface area contributed by atoms with Crippen LogP contribution in [0.3, 0.4) is 0 Å². The molecule has 1 aromatic carbocycles. The number of rotatable bonds is 2. The maximum absolute atomic E-state index is 13.1. The Balaban J connectivity index is 2.20. The molecule has 3 N–H and O–H groups in total. The van der Waals surface area contributed by atoms with Gasteiger partial charge in [0.05, 0.1) is 21.8 Å². The Bertz CT molecular complexity index is 576. The minimum Gasteiger partial charge on any atom is -0.480 e. The van der Waals surface area contributed by atoms with E-state index in [0.29, 0.717) is 0 Å². The smallest absolute Gasteiger partial charge is 0.326 e. The largest absolute Gasteiger partial charge is 0.480 e. The number of aliphatic hydroxyl groups is 1. The Kier molecular flexibility index (Phi) is 4.55. The van der Waals surface area contributed by atoms with Crippen LogP contribution in [0.4, 0.5) is 14.9 Å². The third kappa shape index (κ3) is 3.37. The van der Waals surface area contributed by atoms with Gasteiger partial charge in [0.25, 0.3) is 0 Å². The summed E-state index contributed by atoms with van der Waals surface area (Å²) >= 11 is 11.6. The van der Waals surface area contributed by atoms with Crippen LogP contribution in [0.15, 0.2) is 12.1 Å². The molecule has 0 spiro atoms. The number of carbonyl (C=O) groups excluding carboxylic acids is 1. The fourth-order valence-corrected chi connectivity index (χ4v) is 2.67. The van der Waals surface area contributed by atoms with Crippen LogP contribution in [0, 0.1) is 5.82 Å². The molecule has 2 amide bonds. The summed E-state index contributed by atoms with van der Waals surface area (Å²) in [6, 6.07) is 0.0139. The van der Waals surface area contributed by atoms with Gasteiger partial charge in [-0.05, 0) is 12.1 Å². The summed E-state index contributed by atoms with van der Waals surface area (Å²) < 4.78 is 13.1. The molecule has 0 unspecified atom stereocenters. The van der Waals surface area contributed by atoms with Gasteiger partial charge in [0.2, 0.25) is 0 Å². The van der Waals surface area contributed by atoms with E-state index in [4.69, 9.17) is 28.3 Å². The van der Waals surface area contributed by atoms with Gasteiger partial charge in [-0.25, -0.2) is 14.0 Å². The number of carbonyl (C=O) groups is 2. The number of anilines is 1. The predicted molar refractivity (Wildman–Crippen MR) is 74.2 cm³/mol. The van der Waals surface area contributed by atoms with Crippen LogP contribution in [0.5, 0.6) is 0 Å². The second kappa shape index (κ2) is 6.05. The number of nitrogens with zero attached hydrogens (tertiary/aromatic N) is 1. The molecular formula is C12H11Cl2FN2O4. The summed E-state index contributed by atoms with van der Waals surface area (Å²) in [5.41, 5.74) is -0.0183. The quantitative estimate of drug-likeness (QED) is 0.772. The Morgan fingerprint density at radius 3 is 2.43 bits per heavy atom. The number of halogens is 3. The monoisotopic (exact) mass is 336 g/mol. The normalized spacial score (nSPS) is 21.4. The van der Waals surface area contributed by atoms with E-state index in [0.717, 1.165) is 17.0 Å². The van der Waals surface area contributed by atoms with Crippen molar-refractivity contribution in [3.63, 3.8) is 0 Å². The molecule has 1 fully saturated rings. The maximum Gasteiger partial charge on any atom is 0.326 e. The van der Waals surface area contributed by atoms with E-state index < -0.39 is 30.0 Å². The van der Waals surface area contributed by atoms with Crippen molar-refractivity contribution >= 4 is 40.9 Å². The summed E-state index contributed by atoms with van der Waals surface area (Å²) in [4.78, 5) is 24.1. The second-order valence-electron chi connectivity index (χ2n) is 4.57. The van der Waals surface area contributed by atoms with Crippen LogP contribution in [-0.4, -0.2) is 45.8 Å². The molecule has 0 bridgehead atoms. The molecule has 114 valence electrons. The summed E-state index contributed by atoms with van der Waals surface area (Å²) in [7, 11) is 0. The lowest BCUT2D eigenvalue weighted by Gasteiger charge is -2.22. The fraction of sp³-hybridized carbons (Fsp3) is 0.333. The van der Waals surface area contributed by atoms with E-state index in [9.17, 15) is 19.1 Å². The number of likely N-dealkylation sites (tertiary alicyclic amines) is 1. The molecule has 0 radical (unpaired) electrons. The standard InChI is InChI=1S/C12H11Cl2FN2O4/c13-7-1-5(15)2-8(14)10(7)16-12(21)17-4-6(18)3-9(17)11(19)20/h1-2,6,9,18H,3-4H2,(H,16,21)(H,19,20)/t6-,9+/m1/s1. The zero-order valence-electron chi connectivity index (χ0n) is 10.5. The van der Waals surface area contributed by atoms with Crippen molar-refractivity contribution in [2.45, 2.75) is 18.6 Å². The zero-order chi connectivity index (χ0) is 15.7. The molecule has 0 aliphatic carbocycles. The summed E-state index contributed by atoms with van der Waals surface area (Å²) in [5.74, 6) is -1.89. The summed E-state index contributed by atoms with van der Waals surface area (Å²) in [5, 5.41) is 20.6. The van der Waals surface area contributed by atoms with Crippen LogP contribution >= 0.6 is 23.2 Å². The number of β-amino-alcohol motifs (C(OH)–C–C–N with tert-alkyl or cyclic N) is 1. The van der Waals surface area contributed by atoms with Crippen molar-refractivity contribution in [1.29, 1.82) is 0 Å². The number of hydrogen-bond acceptors (Lipinski definition) is 3. The predicted octanol–water partition coefficient (Wildman–Crippen LogP) is 2.18. The molecule has 1 aliphatic rings. The highest BCUT2D eigenvalue weighted by molar-refractivity contribution is 6.39. The third-order valence-corrected chi connectivity index (χ3v) is 3.66. The number of amides is 2. The van der Waals surface area contributed by atoms with Gasteiger partial charge in [0.15, 0.2) is 0 Å². The van der Waals surface area contributed by atoms with Crippen molar-refractivity contribution in [2.75, 3.05) is 11.9 Å². The number of urea groups is 1. The van der Waals surface area contributed by atoms with Crippen molar-refractivity contribution < 1.29 is 24.2 Å². The van der Waals surface area contributed by atoms with Gasteiger partial charge in [0, 0.05) is 13.0 Å². The molecule has 0 aromatic heterocycles. The summed E-state index contributed by atoms with van der Waals surface area (Å²) in [6.45, 7) is -0.126. The second-order valence-corrected chi connectivity index (χ2v) is 5.38. The number of carboxylic acids is 1. The molecule has 6 nitrogen and oxygen atoms in total. The number of benzene rings is 1. The first-order valence-corrected chi connectivity index (χ1v) is 6.68. The van der Waals surface area contributed by atoms with Gasteiger partial charge in [-0.15, -0.1) is 0 Å². The number of hydrogen-bond donors (Lipinski definition) is 3. The van der Waals surface area contributed by atoms with E-state index in [2.05, 4.69) is 5.32 Å². The lowest BCUT2D eigenvalue weighted by molar-refractivity contribution is -0.141. The average Bonchev–Trinajstić information content (AvgIpc) is 2.76. The first-order valence-electron chi connectivity index (χ1n) is 5.92. The third-order valence-electron chi connectivity index (χ3n) is 3.06. The molecule has 1 aliphatic heterocycles. The molecule has 0 saturated carbocycles. The molecule has 2 rings (SSSR count). The first-order chi connectivity index (χ1) is 9.79. The molecule has 1 saturated heterocycles. The summed E-state index contributed by atoms with van der Waals surface area (Å²) in [6.07, 6.45) is -0.982. The fourth-order valence-electron chi connectivity index (χ4n) is 2.11. The van der Waals surface area contributed by atoms with Gasteiger partial charge in [0.1, 0.15) is 11.9 Å². The van der Waals surface area contributed by atoms with Crippen molar-refractivity contribution in [1.82, 2.24) is 4.90 Å². The van der Waals surface area contributed by atoms with Crippen LogP contribution in [0.25, 0.3) is 0 Å². The van der Waals surface area contributed by atoms with Crippen LogP contribution in [0.2, 0.25) is 10.0 Å². The maximum atomic E-state index is 13.1. The van der Waals surface area contributed by atoms with Crippen LogP contribution in [-0.2, 0) is 4.79 Å². The lowest BCUT2D eigenvalue weighted by Crippen LogP contribution is -2.43. The van der Waals surface area contributed by atoms with E-state index in [-0.39, 0.29) is 28.7 Å². The highest BCUT2D eigenvalue weighted by atomic mass is 35.5. The Morgan fingerprint density at radius 1 is 1.33 bits per heavy atom. The Morgan fingerprint density at radius 2 is 1.90 bits per heavy atom.